The number of benzene rings is 3. The normalized spacial score (nSPS) is 18.1. The third kappa shape index (κ3) is 3.58. The Morgan fingerprint density at radius 1 is 1.11 bits per heavy atom. The zero-order valence-electron chi connectivity index (χ0n) is 20.2. The van der Waals surface area contributed by atoms with Crippen LogP contribution in [0.5, 0.6) is 5.75 Å². The van der Waals surface area contributed by atoms with Gasteiger partial charge < -0.3 is 18.9 Å². The molecule has 1 saturated heterocycles. The number of rotatable bonds is 5. The Balaban J connectivity index is 1.44. The molecule has 0 N–H and O–H groups in total. The highest BCUT2D eigenvalue weighted by Crippen LogP contribution is 2.41. The summed E-state index contributed by atoms with van der Waals surface area (Å²) < 4.78 is 13.7. The van der Waals surface area contributed by atoms with Gasteiger partial charge in [0.05, 0.1) is 10.9 Å². The standard InChI is InChI=1S/C29H26N2O5/c1-3-31-23-12-10-18(27(32)19-8-5-4-7-17(19)2)15-21(23)26-24(31)13-11-20-22(16-35-28(20)26)30-36-29(33)25-9-6-14-34-25/h4-5,7-8,10-13,15,25H,3,6,9,14,16H2,1-2H3/b30-22+. The molecule has 0 amide bonds. The number of aryl methyl sites for hydroxylation is 2. The second kappa shape index (κ2) is 8.91. The second-order valence-corrected chi connectivity index (χ2v) is 9.20. The van der Waals surface area contributed by atoms with Crippen molar-refractivity contribution in [2.45, 2.75) is 39.3 Å². The van der Waals surface area contributed by atoms with E-state index in [0.717, 1.165) is 45.9 Å². The number of oxime groups is 1. The maximum atomic E-state index is 13.4. The molecule has 7 nitrogen and oxygen atoms in total. The summed E-state index contributed by atoms with van der Waals surface area (Å²) in [6.07, 6.45) is 0.943. The average molecular weight is 483 g/mol. The predicted octanol–water partition coefficient (Wildman–Crippen LogP) is 5.17. The van der Waals surface area contributed by atoms with Gasteiger partial charge in [-0.2, -0.15) is 0 Å². The van der Waals surface area contributed by atoms with E-state index in [1.54, 1.807) is 0 Å². The van der Waals surface area contributed by atoms with Crippen LogP contribution in [0.15, 0.2) is 59.8 Å². The molecule has 1 atom stereocenters. The fourth-order valence-electron chi connectivity index (χ4n) is 5.22. The fraction of sp³-hybridized carbons (Fsp3) is 0.276. The molecule has 2 aliphatic heterocycles. The van der Waals surface area contributed by atoms with Crippen molar-refractivity contribution < 1.29 is 23.9 Å². The number of aromatic nitrogens is 1. The molecule has 1 aromatic heterocycles. The minimum Gasteiger partial charge on any atom is -0.486 e. The van der Waals surface area contributed by atoms with Crippen LogP contribution in [0.2, 0.25) is 0 Å². The molecule has 2 aliphatic rings. The third-order valence-electron chi connectivity index (χ3n) is 7.05. The SMILES string of the molecule is CCn1c2ccc(C(=O)c3ccccc3C)cc2c2c3c(ccc21)/C(=N/OC(=O)C1CCCO1)CO3. The zero-order chi connectivity index (χ0) is 24.8. The highest BCUT2D eigenvalue weighted by molar-refractivity contribution is 6.20. The molecule has 0 aliphatic carbocycles. The monoisotopic (exact) mass is 482 g/mol. The largest absolute Gasteiger partial charge is 0.486 e. The van der Waals surface area contributed by atoms with Crippen molar-refractivity contribution in [1.29, 1.82) is 0 Å². The smallest absolute Gasteiger partial charge is 0.363 e. The first-order valence-corrected chi connectivity index (χ1v) is 12.3. The molecule has 3 heterocycles. The Hall–Kier alpha value is -3.97. The van der Waals surface area contributed by atoms with Crippen molar-refractivity contribution in [1.82, 2.24) is 4.57 Å². The molecule has 7 heteroatoms. The lowest BCUT2D eigenvalue weighted by molar-refractivity contribution is -0.154. The number of carbonyl (C=O) groups is 2. The Bertz CT molecular complexity index is 1560. The van der Waals surface area contributed by atoms with E-state index in [2.05, 4.69) is 16.6 Å². The van der Waals surface area contributed by atoms with Crippen molar-refractivity contribution in [2.75, 3.05) is 13.2 Å². The summed E-state index contributed by atoms with van der Waals surface area (Å²) >= 11 is 0. The van der Waals surface area contributed by atoms with Crippen molar-refractivity contribution in [3.05, 3.63) is 76.9 Å². The molecule has 0 saturated carbocycles. The van der Waals surface area contributed by atoms with E-state index < -0.39 is 12.1 Å². The van der Waals surface area contributed by atoms with E-state index in [1.807, 2.05) is 61.5 Å². The number of ketones is 1. The van der Waals surface area contributed by atoms with Gasteiger partial charge in [-0.25, -0.2) is 4.79 Å². The molecule has 6 rings (SSSR count). The Labute approximate surface area is 208 Å². The Kier molecular flexibility index (Phi) is 5.57. The molecular formula is C29H26N2O5. The predicted molar refractivity (Wildman–Crippen MR) is 137 cm³/mol. The Morgan fingerprint density at radius 3 is 2.72 bits per heavy atom. The third-order valence-corrected chi connectivity index (χ3v) is 7.05. The summed E-state index contributed by atoms with van der Waals surface area (Å²) in [6.45, 7) is 5.58. The van der Waals surface area contributed by atoms with E-state index in [-0.39, 0.29) is 12.4 Å². The summed E-state index contributed by atoms with van der Waals surface area (Å²) in [7, 11) is 0. The van der Waals surface area contributed by atoms with Crippen LogP contribution >= 0.6 is 0 Å². The first-order chi connectivity index (χ1) is 17.6. The lowest BCUT2D eigenvalue weighted by Crippen LogP contribution is -2.21. The highest BCUT2D eigenvalue weighted by atomic mass is 16.7. The lowest BCUT2D eigenvalue weighted by Gasteiger charge is -2.06. The van der Waals surface area contributed by atoms with Gasteiger partial charge in [0.1, 0.15) is 18.1 Å². The number of hydrogen-bond acceptors (Lipinski definition) is 6. The molecular weight excluding hydrogens is 456 g/mol. The summed E-state index contributed by atoms with van der Waals surface area (Å²) in [5.74, 6) is 0.206. The van der Waals surface area contributed by atoms with Gasteiger partial charge in [-0.3, -0.25) is 4.79 Å². The van der Waals surface area contributed by atoms with Gasteiger partial charge in [0.25, 0.3) is 0 Å². The topological polar surface area (TPSA) is 79.1 Å². The number of nitrogens with zero attached hydrogens (tertiary/aromatic N) is 2. The van der Waals surface area contributed by atoms with E-state index >= 15 is 0 Å². The van der Waals surface area contributed by atoms with Gasteiger partial charge in [-0.1, -0.05) is 29.4 Å². The molecule has 1 fully saturated rings. The van der Waals surface area contributed by atoms with Crippen LogP contribution in [-0.2, 0) is 20.9 Å². The van der Waals surface area contributed by atoms with Gasteiger partial charge in [0.2, 0.25) is 0 Å². The summed E-state index contributed by atoms with van der Waals surface area (Å²) in [5, 5.41) is 5.99. The second-order valence-electron chi connectivity index (χ2n) is 9.20. The Morgan fingerprint density at radius 2 is 1.94 bits per heavy atom. The van der Waals surface area contributed by atoms with Crippen LogP contribution in [0.25, 0.3) is 21.8 Å². The molecule has 3 aromatic carbocycles. The van der Waals surface area contributed by atoms with E-state index in [0.29, 0.717) is 35.6 Å². The van der Waals surface area contributed by atoms with Gasteiger partial charge in [0, 0.05) is 40.7 Å². The highest BCUT2D eigenvalue weighted by Gasteiger charge is 2.29. The number of fused-ring (bicyclic) bond motifs is 5. The first kappa shape index (κ1) is 22.5. The van der Waals surface area contributed by atoms with Crippen LogP contribution < -0.4 is 4.74 Å². The lowest BCUT2D eigenvalue weighted by atomic mass is 9.97. The summed E-state index contributed by atoms with van der Waals surface area (Å²) in [6, 6.07) is 17.5. The van der Waals surface area contributed by atoms with Gasteiger partial charge in [-0.15, -0.1) is 0 Å². The fourth-order valence-corrected chi connectivity index (χ4v) is 5.22. The van der Waals surface area contributed by atoms with Gasteiger partial charge >= 0.3 is 5.97 Å². The van der Waals surface area contributed by atoms with Crippen LogP contribution in [0.4, 0.5) is 0 Å². The van der Waals surface area contributed by atoms with Crippen molar-refractivity contribution in [2.24, 2.45) is 5.16 Å². The van der Waals surface area contributed by atoms with Crippen molar-refractivity contribution in [3.8, 4) is 5.75 Å². The van der Waals surface area contributed by atoms with E-state index in [9.17, 15) is 9.59 Å². The van der Waals surface area contributed by atoms with E-state index in [1.165, 1.54) is 0 Å². The first-order valence-electron chi connectivity index (χ1n) is 12.3. The average Bonchev–Trinajstić information content (AvgIpc) is 3.64. The maximum Gasteiger partial charge on any atom is 0.363 e. The number of ether oxygens (including phenoxy) is 2. The molecule has 4 aromatic rings. The van der Waals surface area contributed by atoms with Gasteiger partial charge in [-0.05, 0) is 62.6 Å². The maximum absolute atomic E-state index is 13.4. The molecule has 182 valence electrons. The van der Waals surface area contributed by atoms with Crippen molar-refractivity contribution >= 4 is 39.3 Å². The minimum atomic E-state index is -0.551. The molecule has 0 spiro atoms. The van der Waals surface area contributed by atoms with Crippen LogP contribution in [0.1, 0.15) is 46.8 Å². The zero-order valence-corrected chi connectivity index (χ0v) is 20.2. The number of carbonyl (C=O) groups excluding carboxylic acids is 2. The van der Waals surface area contributed by atoms with E-state index in [4.69, 9.17) is 14.3 Å². The molecule has 36 heavy (non-hydrogen) atoms. The summed E-state index contributed by atoms with van der Waals surface area (Å²) in [5.41, 5.74) is 5.66. The van der Waals surface area contributed by atoms with Crippen LogP contribution in [0, 0.1) is 6.92 Å². The molecule has 0 radical (unpaired) electrons. The minimum absolute atomic E-state index is 0.0100. The summed E-state index contributed by atoms with van der Waals surface area (Å²) in [4.78, 5) is 30.8. The number of hydrogen-bond donors (Lipinski definition) is 0. The van der Waals surface area contributed by atoms with Crippen molar-refractivity contribution in [3.63, 3.8) is 0 Å². The van der Waals surface area contributed by atoms with Crippen LogP contribution in [-0.4, -0.2) is 41.3 Å². The van der Waals surface area contributed by atoms with Gasteiger partial charge in [0.15, 0.2) is 11.9 Å². The van der Waals surface area contributed by atoms with Crippen LogP contribution in [0.3, 0.4) is 0 Å². The molecule has 0 bridgehead atoms. The molecule has 1 unspecified atom stereocenters. The quantitative estimate of drug-likeness (QED) is 0.223.